The van der Waals surface area contributed by atoms with Gasteiger partial charge < -0.3 is 14.6 Å². The van der Waals surface area contributed by atoms with Gasteiger partial charge in [-0.05, 0) is 45.4 Å². The fraction of sp³-hybridized carbons (Fsp3) is 0.350. The van der Waals surface area contributed by atoms with Gasteiger partial charge in [-0.25, -0.2) is 9.18 Å². The van der Waals surface area contributed by atoms with Crippen LogP contribution in [0.15, 0.2) is 24.3 Å². The Morgan fingerprint density at radius 1 is 1.15 bits per heavy atom. The zero-order chi connectivity index (χ0) is 20.1. The van der Waals surface area contributed by atoms with Crippen molar-refractivity contribution in [2.45, 2.75) is 27.7 Å². The lowest BCUT2D eigenvalue weighted by Gasteiger charge is -2.20. The number of ketones is 1. The number of aromatic nitrogens is 1. The van der Waals surface area contributed by atoms with Gasteiger partial charge in [-0.1, -0.05) is 12.1 Å². The molecule has 1 heterocycles. The average molecular weight is 374 g/mol. The van der Waals surface area contributed by atoms with E-state index in [0.29, 0.717) is 16.8 Å². The minimum atomic E-state index is -0.632. The molecule has 0 radical (unpaired) electrons. The second-order valence-electron chi connectivity index (χ2n) is 6.07. The third kappa shape index (κ3) is 4.24. The molecule has 27 heavy (non-hydrogen) atoms. The summed E-state index contributed by atoms with van der Waals surface area (Å²) in [5.41, 5.74) is 1.49. The van der Waals surface area contributed by atoms with E-state index in [1.807, 2.05) is 0 Å². The molecule has 1 aromatic carbocycles. The number of benzene rings is 1. The molecule has 0 atom stereocenters. The molecule has 2 rings (SSSR count). The van der Waals surface area contributed by atoms with Gasteiger partial charge in [0.15, 0.2) is 5.78 Å². The molecule has 0 fully saturated rings. The van der Waals surface area contributed by atoms with Crippen molar-refractivity contribution < 1.29 is 23.5 Å². The smallest absolute Gasteiger partial charge is 0.355 e. The molecule has 0 aliphatic carbocycles. The molecule has 0 saturated carbocycles. The molecule has 144 valence electrons. The summed E-state index contributed by atoms with van der Waals surface area (Å²) in [6.07, 6.45) is 0. The molecule has 0 saturated heterocycles. The number of hydrogen-bond acceptors (Lipinski definition) is 4. The number of esters is 1. The van der Waals surface area contributed by atoms with E-state index in [1.54, 1.807) is 33.8 Å². The topological polar surface area (TPSA) is 79.5 Å². The van der Waals surface area contributed by atoms with Crippen molar-refractivity contribution in [1.29, 1.82) is 0 Å². The molecule has 1 amide bonds. The summed E-state index contributed by atoms with van der Waals surface area (Å²) < 4.78 is 18.9. The van der Waals surface area contributed by atoms with E-state index in [1.165, 1.54) is 23.1 Å². The Morgan fingerprint density at radius 3 is 2.41 bits per heavy atom. The molecular weight excluding hydrogens is 351 g/mol. The first-order chi connectivity index (χ1) is 12.8. The number of ether oxygens (including phenoxy) is 1. The minimum absolute atomic E-state index is 0.0816. The largest absolute Gasteiger partial charge is 0.461 e. The molecule has 0 aliphatic heterocycles. The third-order valence-electron chi connectivity index (χ3n) is 4.30. The van der Waals surface area contributed by atoms with Gasteiger partial charge in [-0.15, -0.1) is 0 Å². The Bertz CT molecular complexity index is 873. The van der Waals surface area contributed by atoms with Crippen molar-refractivity contribution >= 4 is 17.7 Å². The highest BCUT2D eigenvalue weighted by molar-refractivity contribution is 6.05. The maximum atomic E-state index is 13.9. The zero-order valence-corrected chi connectivity index (χ0v) is 15.9. The number of carbonyl (C=O) groups is 3. The summed E-state index contributed by atoms with van der Waals surface area (Å²) >= 11 is 0. The van der Waals surface area contributed by atoms with Crippen LogP contribution in [-0.4, -0.2) is 47.2 Å². The number of rotatable bonds is 7. The zero-order valence-electron chi connectivity index (χ0n) is 15.9. The van der Waals surface area contributed by atoms with Crippen LogP contribution in [0.4, 0.5) is 4.39 Å². The quantitative estimate of drug-likeness (QED) is 0.596. The van der Waals surface area contributed by atoms with E-state index < -0.39 is 17.7 Å². The van der Waals surface area contributed by atoms with Crippen LogP contribution >= 0.6 is 0 Å². The molecular formula is C20H23FN2O4. The Hall–Kier alpha value is -2.96. The van der Waals surface area contributed by atoms with Gasteiger partial charge in [0, 0.05) is 17.8 Å². The maximum absolute atomic E-state index is 13.9. The van der Waals surface area contributed by atoms with Crippen molar-refractivity contribution in [3.05, 3.63) is 58.2 Å². The normalized spacial score (nSPS) is 10.6. The lowest BCUT2D eigenvalue weighted by atomic mass is 10.0. The van der Waals surface area contributed by atoms with Gasteiger partial charge in [-0.3, -0.25) is 9.59 Å². The minimum Gasteiger partial charge on any atom is -0.461 e. The van der Waals surface area contributed by atoms with Crippen LogP contribution in [-0.2, 0) is 4.74 Å². The second kappa shape index (κ2) is 8.62. The van der Waals surface area contributed by atoms with Crippen LogP contribution in [0.5, 0.6) is 0 Å². The molecule has 1 N–H and O–H groups in total. The van der Waals surface area contributed by atoms with Crippen LogP contribution in [0.3, 0.4) is 0 Å². The maximum Gasteiger partial charge on any atom is 0.355 e. The number of aryl methyl sites for hydroxylation is 1. The fourth-order valence-corrected chi connectivity index (χ4v) is 2.96. The average Bonchev–Trinajstić information content (AvgIpc) is 2.94. The number of nitrogens with one attached hydrogen (secondary N) is 1. The van der Waals surface area contributed by atoms with Crippen LogP contribution in [0.1, 0.15) is 56.3 Å². The predicted molar refractivity (Wildman–Crippen MR) is 98.5 cm³/mol. The summed E-state index contributed by atoms with van der Waals surface area (Å²) in [5.74, 6) is -2.05. The van der Waals surface area contributed by atoms with E-state index >= 15 is 0 Å². The summed E-state index contributed by atoms with van der Waals surface area (Å²) in [6.45, 7) is 6.99. The number of H-pyrrole nitrogens is 1. The SMILES string of the molecule is CCOC(=O)c1[nH]c(C)c(C(=O)CN(CC)C(=O)c2ccccc2F)c1C. The van der Waals surface area contributed by atoms with Gasteiger partial charge in [-0.2, -0.15) is 0 Å². The van der Waals surface area contributed by atoms with E-state index in [-0.39, 0.29) is 36.7 Å². The Balaban J connectivity index is 2.26. The fourth-order valence-electron chi connectivity index (χ4n) is 2.96. The van der Waals surface area contributed by atoms with Gasteiger partial charge >= 0.3 is 5.97 Å². The highest BCUT2D eigenvalue weighted by Crippen LogP contribution is 2.20. The second-order valence-corrected chi connectivity index (χ2v) is 6.07. The number of likely N-dealkylation sites (N-methyl/N-ethyl adjacent to an activating group) is 1. The number of Topliss-reactive ketones (excluding diaryl/α,β-unsaturated/α-hetero) is 1. The molecule has 1 aromatic heterocycles. The van der Waals surface area contributed by atoms with Gasteiger partial charge in [0.25, 0.3) is 5.91 Å². The number of amides is 1. The lowest BCUT2D eigenvalue weighted by molar-refractivity contribution is 0.0519. The van der Waals surface area contributed by atoms with Gasteiger partial charge in [0.05, 0.1) is 18.7 Å². The first-order valence-corrected chi connectivity index (χ1v) is 8.75. The number of aromatic amines is 1. The molecule has 0 aliphatic rings. The highest BCUT2D eigenvalue weighted by Gasteiger charge is 2.26. The van der Waals surface area contributed by atoms with Crippen LogP contribution in [0.25, 0.3) is 0 Å². The third-order valence-corrected chi connectivity index (χ3v) is 4.30. The molecule has 6 nitrogen and oxygen atoms in total. The predicted octanol–water partition coefficient (Wildman–Crippen LogP) is 3.29. The van der Waals surface area contributed by atoms with E-state index in [4.69, 9.17) is 4.74 Å². The molecule has 0 unspecified atom stereocenters. The summed E-state index contributed by atoms with van der Waals surface area (Å²) in [4.78, 5) is 41.5. The van der Waals surface area contributed by atoms with Crippen LogP contribution in [0.2, 0.25) is 0 Å². The van der Waals surface area contributed by atoms with E-state index in [9.17, 15) is 18.8 Å². The Labute approximate surface area is 157 Å². The molecule has 0 spiro atoms. The van der Waals surface area contributed by atoms with Crippen molar-refractivity contribution in [1.82, 2.24) is 9.88 Å². The van der Waals surface area contributed by atoms with Crippen molar-refractivity contribution in [2.75, 3.05) is 19.7 Å². The van der Waals surface area contributed by atoms with Crippen molar-refractivity contribution in [2.24, 2.45) is 0 Å². The van der Waals surface area contributed by atoms with Crippen LogP contribution in [0, 0.1) is 19.7 Å². The first kappa shape index (κ1) is 20.4. The first-order valence-electron chi connectivity index (χ1n) is 8.75. The summed E-state index contributed by atoms with van der Waals surface area (Å²) in [5, 5.41) is 0. The number of carbonyl (C=O) groups excluding carboxylic acids is 3. The monoisotopic (exact) mass is 374 g/mol. The van der Waals surface area contributed by atoms with Crippen molar-refractivity contribution in [3.8, 4) is 0 Å². The summed E-state index contributed by atoms with van der Waals surface area (Å²) in [7, 11) is 0. The molecule has 0 bridgehead atoms. The summed E-state index contributed by atoms with van der Waals surface area (Å²) in [6, 6.07) is 5.65. The standard InChI is InChI=1S/C20H23FN2O4/c1-5-23(19(25)14-9-7-8-10-15(14)21)11-16(24)17-12(3)18(22-13(17)4)20(26)27-6-2/h7-10,22H,5-6,11H2,1-4H3. The van der Waals surface area contributed by atoms with E-state index in [2.05, 4.69) is 4.98 Å². The van der Waals surface area contributed by atoms with E-state index in [0.717, 1.165) is 0 Å². The highest BCUT2D eigenvalue weighted by atomic mass is 19.1. The lowest BCUT2D eigenvalue weighted by Crippen LogP contribution is -2.36. The van der Waals surface area contributed by atoms with Gasteiger partial charge in [0.2, 0.25) is 0 Å². The number of nitrogens with zero attached hydrogens (tertiary/aromatic N) is 1. The van der Waals surface area contributed by atoms with Crippen molar-refractivity contribution in [3.63, 3.8) is 0 Å². The Morgan fingerprint density at radius 2 is 1.81 bits per heavy atom. The van der Waals surface area contributed by atoms with Crippen LogP contribution < -0.4 is 0 Å². The number of hydrogen-bond donors (Lipinski definition) is 1. The molecule has 7 heteroatoms. The molecule has 2 aromatic rings. The van der Waals surface area contributed by atoms with Gasteiger partial charge in [0.1, 0.15) is 11.5 Å². The Kier molecular flexibility index (Phi) is 6.50. The number of halogens is 1.